The van der Waals surface area contributed by atoms with E-state index in [1.54, 1.807) is 18.2 Å². The van der Waals surface area contributed by atoms with E-state index in [9.17, 15) is 13.6 Å². The topological polar surface area (TPSA) is 35.5 Å². The molecule has 2 aromatic rings. The van der Waals surface area contributed by atoms with Gasteiger partial charge in [0.2, 0.25) is 5.78 Å². The summed E-state index contributed by atoms with van der Waals surface area (Å²) in [6, 6.07) is 7.90. The number of methoxy groups -OCH3 is 1. The van der Waals surface area contributed by atoms with Crippen molar-refractivity contribution < 1.29 is 23.0 Å². The van der Waals surface area contributed by atoms with E-state index >= 15 is 0 Å². The zero-order valence-corrected chi connectivity index (χ0v) is 11.7. The summed E-state index contributed by atoms with van der Waals surface area (Å²) >= 11 is 0. The van der Waals surface area contributed by atoms with Crippen LogP contribution in [0.25, 0.3) is 0 Å². The number of ketones is 1. The number of carbonyl (C=O) groups excluding carboxylic acids is 1. The summed E-state index contributed by atoms with van der Waals surface area (Å²) in [5.41, 5.74) is 1.32. The molecular weight excluding hydrogens is 278 g/mol. The van der Waals surface area contributed by atoms with Crippen LogP contribution in [0.1, 0.15) is 15.9 Å². The molecule has 0 aliphatic carbocycles. The Balaban J connectivity index is 2.11. The highest BCUT2D eigenvalue weighted by Gasteiger charge is 2.13. The SMILES string of the molecule is COc1cc(C)ccc1C(=O)COc1cc(F)cc(F)c1. The molecule has 2 aromatic carbocycles. The fourth-order valence-corrected chi connectivity index (χ4v) is 1.87. The molecule has 0 saturated heterocycles. The minimum absolute atomic E-state index is 0.0353. The Morgan fingerprint density at radius 3 is 2.38 bits per heavy atom. The number of hydrogen-bond acceptors (Lipinski definition) is 3. The highest BCUT2D eigenvalue weighted by atomic mass is 19.1. The Kier molecular flexibility index (Phi) is 4.52. The number of ether oxygens (including phenoxy) is 2. The molecule has 0 radical (unpaired) electrons. The molecule has 5 heteroatoms. The molecule has 0 saturated carbocycles. The van der Waals surface area contributed by atoms with Gasteiger partial charge in [-0.25, -0.2) is 8.78 Å². The number of halogens is 2. The lowest BCUT2D eigenvalue weighted by molar-refractivity contribution is 0.0918. The van der Waals surface area contributed by atoms with Crippen LogP contribution in [-0.4, -0.2) is 19.5 Å². The van der Waals surface area contributed by atoms with Gasteiger partial charge in [0.1, 0.15) is 23.1 Å². The van der Waals surface area contributed by atoms with Crippen LogP contribution < -0.4 is 9.47 Å². The fraction of sp³-hybridized carbons (Fsp3) is 0.188. The van der Waals surface area contributed by atoms with Gasteiger partial charge in [-0.15, -0.1) is 0 Å². The van der Waals surface area contributed by atoms with Gasteiger partial charge in [-0.2, -0.15) is 0 Å². The van der Waals surface area contributed by atoms with Gasteiger partial charge in [-0.05, 0) is 24.6 Å². The summed E-state index contributed by atoms with van der Waals surface area (Å²) in [4.78, 5) is 12.1. The summed E-state index contributed by atoms with van der Waals surface area (Å²) in [6.45, 7) is 1.55. The second-order valence-corrected chi connectivity index (χ2v) is 4.52. The molecule has 0 aliphatic rings. The molecule has 0 heterocycles. The standard InChI is InChI=1S/C16H14F2O3/c1-10-3-4-14(16(5-10)20-2)15(19)9-21-13-7-11(17)6-12(18)8-13/h3-8H,9H2,1-2H3. The van der Waals surface area contributed by atoms with Crippen LogP contribution >= 0.6 is 0 Å². The van der Waals surface area contributed by atoms with Crippen molar-refractivity contribution in [1.82, 2.24) is 0 Å². The van der Waals surface area contributed by atoms with Crippen LogP contribution in [0.3, 0.4) is 0 Å². The van der Waals surface area contributed by atoms with Gasteiger partial charge in [0.15, 0.2) is 6.61 Å². The van der Waals surface area contributed by atoms with Gasteiger partial charge in [-0.3, -0.25) is 4.79 Å². The van der Waals surface area contributed by atoms with Gasteiger partial charge < -0.3 is 9.47 Å². The van der Waals surface area contributed by atoms with E-state index in [2.05, 4.69) is 0 Å². The quantitative estimate of drug-likeness (QED) is 0.791. The number of carbonyl (C=O) groups is 1. The van der Waals surface area contributed by atoms with Crippen LogP contribution in [0.5, 0.6) is 11.5 Å². The molecule has 21 heavy (non-hydrogen) atoms. The minimum atomic E-state index is -0.759. The number of benzene rings is 2. The van der Waals surface area contributed by atoms with Gasteiger partial charge in [0.05, 0.1) is 12.7 Å². The lowest BCUT2D eigenvalue weighted by atomic mass is 10.1. The van der Waals surface area contributed by atoms with Crippen molar-refractivity contribution in [3.05, 3.63) is 59.2 Å². The van der Waals surface area contributed by atoms with Crippen molar-refractivity contribution in [3.63, 3.8) is 0 Å². The maximum atomic E-state index is 13.0. The number of Topliss-reactive ketones (excluding diaryl/α,β-unsaturated/α-hetero) is 1. The Labute approximate surface area is 121 Å². The van der Waals surface area contributed by atoms with Crippen molar-refractivity contribution in [2.45, 2.75) is 6.92 Å². The van der Waals surface area contributed by atoms with E-state index in [1.807, 2.05) is 6.92 Å². The summed E-state index contributed by atoms with van der Waals surface area (Å²) in [6.07, 6.45) is 0. The zero-order chi connectivity index (χ0) is 15.4. The van der Waals surface area contributed by atoms with Crippen LogP contribution in [0.4, 0.5) is 8.78 Å². The van der Waals surface area contributed by atoms with E-state index in [4.69, 9.17) is 9.47 Å². The van der Waals surface area contributed by atoms with Crippen molar-refractivity contribution in [2.24, 2.45) is 0 Å². The van der Waals surface area contributed by atoms with E-state index < -0.39 is 11.6 Å². The molecule has 0 atom stereocenters. The maximum Gasteiger partial charge on any atom is 0.203 e. The third kappa shape index (κ3) is 3.78. The Morgan fingerprint density at radius 1 is 1.10 bits per heavy atom. The summed E-state index contributed by atoms with van der Waals surface area (Å²) < 4.78 is 36.3. The van der Waals surface area contributed by atoms with Crippen LogP contribution in [0, 0.1) is 18.6 Å². The Morgan fingerprint density at radius 2 is 1.76 bits per heavy atom. The molecule has 0 fully saturated rings. The third-order valence-corrected chi connectivity index (χ3v) is 2.86. The molecule has 2 rings (SSSR count). The number of aryl methyl sites for hydroxylation is 1. The monoisotopic (exact) mass is 292 g/mol. The molecule has 0 bridgehead atoms. The lowest BCUT2D eigenvalue weighted by Gasteiger charge is -2.10. The van der Waals surface area contributed by atoms with Crippen molar-refractivity contribution in [3.8, 4) is 11.5 Å². The molecule has 3 nitrogen and oxygen atoms in total. The number of hydrogen-bond donors (Lipinski definition) is 0. The smallest absolute Gasteiger partial charge is 0.203 e. The first kappa shape index (κ1) is 15.0. The third-order valence-electron chi connectivity index (χ3n) is 2.86. The van der Waals surface area contributed by atoms with Gasteiger partial charge in [0.25, 0.3) is 0 Å². The average molecular weight is 292 g/mol. The number of rotatable bonds is 5. The van der Waals surface area contributed by atoms with Crippen molar-refractivity contribution in [1.29, 1.82) is 0 Å². The predicted octanol–water partition coefficient (Wildman–Crippen LogP) is 3.54. The van der Waals surface area contributed by atoms with E-state index in [1.165, 1.54) is 7.11 Å². The van der Waals surface area contributed by atoms with Gasteiger partial charge >= 0.3 is 0 Å². The summed E-state index contributed by atoms with van der Waals surface area (Å²) in [7, 11) is 1.47. The van der Waals surface area contributed by atoms with Crippen LogP contribution in [0.2, 0.25) is 0 Å². The molecule has 0 unspecified atom stereocenters. The molecule has 0 aliphatic heterocycles. The maximum absolute atomic E-state index is 13.0. The Bertz CT molecular complexity index is 648. The molecule has 0 spiro atoms. The largest absolute Gasteiger partial charge is 0.496 e. The highest BCUT2D eigenvalue weighted by molar-refractivity contribution is 5.99. The average Bonchev–Trinajstić information content (AvgIpc) is 2.43. The minimum Gasteiger partial charge on any atom is -0.496 e. The van der Waals surface area contributed by atoms with E-state index in [0.717, 1.165) is 23.8 Å². The molecule has 0 amide bonds. The van der Waals surface area contributed by atoms with Crippen molar-refractivity contribution in [2.75, 3.05) is 13.7 Å². The molecular formula is C16H14F2O3. The Hall–Kier alpha value is -2.43. The van der Waals surface area contributed by atoms with Crippen LogP contribution in [0.15, 0.2) is 36.4 Å². The van der Waals surface area contributed by atoms with E-state index in [0.29, 0.717) is 11.3 Å². The summed E-state index contributed by atoms with van der Waals surface area (Å²) in [5, 5.41) is 0. The first-order valence-corrected chi connectivity index (χ1v) is 6.26. The van der Waals surface area contributed by atoms with Gasteiger partial charge in [-0.1, -0.05) is 6.07 Å². The molecule has 110 valence electrons. The highest BCUT2D eigenvalue weighted by Crippen LogP contribution is 2.21. The van der Waals surface area contributed by atoms with Gasteiger partial charge in [0, 0.05) is 18.2 Å². The predicted molar refractivity (Wildman–Crippen MR) is 73.9 cm³/mol. The lowest BCUT2D eigenvalue weighted by Crippen LogP contribution is -2.13. The van der Waals surface area contributed by atoms with E-state index in [-0.39, 0.29) is 18.1 Å². The fourth-order valence-electron chi connectivity index (χ4n) is 1.87. The first-order chi connectivity index (χ1) is 9.99. The van der Waals surface area contributed by atoms with Crippen molar-refractivity contribution >= 4 is 5.78 Å². The second kappa shape index (κ2) is 6.35. The molecule has 0 aromatic heterocycles. The summed E-state index contributed by atoms with van der Waals surface area (Å²) in [5.74, 6) is -1.45. The second-order valence-electron chi connectivity index (χ2n) is 4.52. The normalized spacial score (nSPS) is 10.3. The first-order valence-electron chi connectivity index (χ1n) is 6.26. The van der Waals surface area contributed by atoms with Crippen LogP contribution in [-0.2, 0) is 0 Å². The molecule has 0 N–H and O–H groups in total. The zero-order valence-electron chi connectivity index (χ0n) is 11.7.